The van der Waals surface area contributed by atoms with Crippen molar-refractivity contribution < 1.29 is 30.3 Å². The highest BCUT2D eigenvalue weighted by Crippen LogP contribution is 2.20. The minimum Gasteiger partial charge on any atom is -0.394 e. The van der Waals surface area contributed by atoms with Crippen LogP contribution in [0.4, 0.5) is 0 Å². The van der Waals surface area contributed by atoms with E-state index in [-0.39, 0.29) is 0 Å². The summed E-state index contributed by atoms with van der Waals surface area (Å²) in [6, 6.07) is -1.06. The standard InChI is InChI=1S/C7H15NO6/c8-3-4(11)5(12)7(13)14-6(3)2(10)1-9/h2-7,9-13H,1,8H2/t2-,3+,4+,5+,6-,7?/m0/s1. The van der Waals surface area contributed by atoms with E-state index >= 15 is 0 Å². The largest absolute Gasteiger partial charge is 0.394 e. The van der Waals surface area contributed by atoms with Gasteiger partial charge < -0.3 is 36.0 Å². The summed E-state index contributed by atoms with van der Waals surface area (Å²) in [5, 5.41) is 45.4. The zero-order valence-corrected chi connectivity index (χ0v) is 7.39. The van der Waals surface area contributed by atoms with Gasteiger partial charge >= 0.3 is 0 Å². The summed E-state index contributed by atoms with van der Waals surface area (Å²) >= 11 is 0. The van der Waals surface area contributed by atoms with Gasteiger partial charge in [-0.15, -0.1) is 0 Å². The number of hydrogen-bond acceptors (Lipinski definition) is 7. The molecule has 1 saturated heterocycles. The van der Waals surface area contributed by atoms with Crippen molar-refractivity contribution in [3.05, 3.63) is 0 Å². The molecule has 0 aromatic heterocycles. The lowest BCUT2D eigenvalue weighted by Gasteiger charge is -2.40. The molecular formula is C7H15NO6. The first-order chi connectivity index (χ1) is 6.49. The van der Waals surface area contributed by atoms with E-state index < -0.39 is 43.4 Å². The second-order valence-electron chi connectivity index (χ2n) is 3.30. The SMILES string of the molecule is N[C@@H]1[C@@H](O)[C@@H](O)C(O)O[C@H]1[C@@H](O)CO. The van der Waals surface area contributed by atoms with E-state index in [9.17, 15) is 10.2 Å². The van der Waals surface area contributed by atoms with E-state index in [1.807, 2.05) is 0 Å². The molecule has 7 N–H and O–H groups in total. The predicted octanol–water partition coefficient (Wildman–Crippen LogP) is -3.89. The summed E-state index contributed by atoms with van der Waals surface area (Å²) in [7, 11) is 0. The van der Waals surface area contributed by atoms with Crippen molar-refractivity contribution in [2.75, 3.05) is 6.61 Å². The Hall–Kier alpha value is -0.280. The molecule has 0 saturated carbocycles. The second kappa shape index (κ2) is 4.49. The van der Waals surface area contributed by atoms with Gasteiger partial charge in [0.1, 0.15) is 24.4 Å². The molecule has 7 heteroatoms. The topological polar surface area (TPSA) is 136 Å². The molecule has 0 amide bonds. The molecular weight excluding hydrogens is 194 g/mol. The van der Waals surface area contributed by atoms with Crippen molar-refractivity contribution in [3.8, 4) is 0 Å². The highest BCUT2D eigenvalue weighted by atomic mass is 16.6. The maximum absolute atomic E-state index is 9.32. The van der Waals surface area contributed by atoms with Gasteiger partial charge in [0.25, 0.3) is 0 Å². The van der Waals surface area contributed by atoms with Crippen molar-refractivity contribution >= 4 is 0 Å². The summed E-state index contributed by atoms with van der Waals surface area (Å²) < 4.78 is 4.74. The first kappa shape index (κ1) is 11.8. The number of rotatable bonds is 2. The van der Waals surface area contributed by atoms with Crippen LogP contribution in [0.1, 0.15) is 0 Å². The Bertz CT molecular complexity index is 191. The van der Waals surface area contributed by atoms with Crippen molar-refractivity contribution in [3.63, 3.8) is 0 Å². The van der Waals surface area contributed by atoms with Crippen molar-refractivity contribution in [2.24, 2.45) is 5.73 Å². The molecule has 1 heterocycles. The lowest BCUT2D eigenvalue weighted by molar-refractivity contribution is -0.270. The molecule has 0 aromatic carbocycles. The van der Waals surface area contributed by atoms with Crippen LogP contribution in [0, 0.1) is 0 Å². The molecule has 0 radical (unpaired) electrons. The first-order valence-electron chi connectivity index (χ1n) is 4.23. The molecule has 1 aliphatic heterocycles. The third kappa shape index (κ3) is 2.04. The highest BCUT2D eigenvalue weighted by molar-refractivity contribution is 4.94. The summed E-state index contributed by atoms with van der Waals surface area (Å²) in [5.41, 5.74) is 5.43. The minimum atomic E-state index is -1.61. The van der Waals surface area contributed by atoms with E-state index in [2.05, 4.69) is 0 Å². The molecule has 1 fully saturated rings. The molecule has 1 rings (SSSR count). The Balaban J connectivity index is 2.70. The molecule has 0 bridgehead atoms. The van der Waals surface area contributed by atoms with Gasteiger partial charge in [0.2, 0.25) is 0 Å². The smallest absolute Gasteiger partial charge is 0.183 e. The van der Waals surface area contributed by atoms with Crippen molar-refractivity contribution in [1.29, 1.82) is 0 Å². The van der Waals surface area contributed by atoms with Gasteiger partial charge in [-0.25, -0.2) is 0 Å². The molecule has 0 aliphatic carbocycles. The average Bonchev–Trinajstić information content (AvgIpc) is 2.19. The molecule has 14 heavy (non-hydrogen) atoms. The van der Waals surface area contributed by atoms with E-state index in [1.165, 1.54) is 0 Å². The fourth-order valence-corrected chi connectivity index (χ4v) is 1.37. The normalized spacial score (nSPS) is 46.3. The van der Waals surface area contributed by atoms with Gasteiger partial charge in [-0.3, -0.25) is 0 Å². The van der Waals surface area contributed by atoms with E-state index in [0.717, 1.165) is 0 Å². The quantitative estimate of drug-likeness (QED) is 0.273. The van der Waals surface area contributed by atoms with Gasteiger partial charge in [0.15, 0.2) is 6.29 Å². The lowest BCUT2D eigenvalue weighted by atomic mass is 9.94. The molecule has 0 aromatic rings. The van der Waals surface area contributed by atoms with Crippen molar-refractivity contribution in [1.82, 2.24) is 0 Å². The van der Waals surface area contributed by atoms with Crippen LogP contribution >= 0.6 is 0 Å². The zero-order valence-electron chi connectivity index (χ0n) is 7.39. The number of ether oxygens (including phenoxy) is 1. The first-order valence-corrected chi connectivity index (χ1v) is 4.23. The van der Waals surface area contributed by atoms with Gasteiger partial charge in [-0.05, 0) is 0 Å². The Morgan fingerprint density at radius 2 is 1.79 bits per heavy atom. The third-order valence-corrected chi connectivity index (χ3v) is 2.28. The van der Waals surface area contributed by atoms with Gasteiger partial charge in [0.05, 0.1) is 12.6 Å². The maximum atomic E-state index is 9.32. The third-order valence-electron chi connectivity index (χ3n) is 2.28. The molecule has 7 nitrogen and oxygen atoms in total. The van der Waals surface area contributed by atoms with Crippen LogP contribution in [0.3, 0.4) is 0 Å². The van der Waals surface area contributed by atoms with Gasteiger partial charge in [-0.2, -0.15) is 0 Å². The molecule has 1 unspecified atom stereocenters. The molecule has 0 spiro atoms. The van der Waals surface area contributed by atoms with E-state index in [4.69, 9.17) is 25.8 Å². The van der Waals surface area contributed by atoms with Crippen molar-refractivity contribution in [2.45, 2.75) is 36.7 Å². The molecule has 84 valence electrons. The van der Waals surface area contributed by atoms with Crippen LogP contribution in [-0.4, -0.2) is 68.9 Å². The Morgan fingerprint density at radius 1 is 1.21 bits per heavy atom. The monoisotopic (exact) mass is 209 g/mol. The fourth-order valence-electron chi connectivity index (χ4n) is 1.37. The second-order valence-corrected chi connectivity index (χ2v) is 3.30. The molecule has 1 aliphatic rings. The fraction of sp³-hybridized carbons (Fsp3) is 1.00. The van der Waals surface area contributed by atoms with Crippen LogP contribution in [-0.2, 0) is 4.74 Å². The average molecular weight is 209 g/mol. The Kier molecular flexibility index (Phi) is 3.78. The van der Waals surface area contributed by atoms with Crippen LogP contribution in [0.25, 0.3) is 0 Å². The summed E-state index contributed by atoms with van der Waals surface area (Å²) in [5.74, 6) is 0. The zero-order chi connectivity index (χ0) is 10.9. The van der Waals surface area contributed by atoms with E-state index in [0.29, 0.717) is 0 Å². The molecule has 6 atom stereocenters. The highest BCUT2D eigenvalue weighted by Gasteiger charge is 2.44. The number of aliphatic hydroxyl groups is 5. The van der Waals surface area contributed by atoms with Gasteiger partial charge in [-0.1, -0.05) is 0 Å². The van der Waals surface area contributed by atoms with Crippen LogP contribution < -0.4 is 5.73 Å². The van der Waals surface area contributed by atoms with Crippen LogP contribution in [0.15, 0.2) is 0 Å². The summed E-state index contributed by atoms with van der Waals surface area (Å²) in [6.45, 7) is -0.603. The predicted molar refractivity (Wildman–Crippen MR) is 44.0 cm³/mol. The summed E-state index contributed by atoms with van der Waals surface area (Å²) in [6.07, 6.45) is -6.93. The Morgan fingerprint density at radius 3 is 2.29 bits per heavy atom. The van der Waals surface area contributed by atoms with Crippen LogP contribution in [0.2, 0.25) is 0 Å². The maximum Gasteiger partial charge on any atom is 0.183 e. The lowest BCUT2D eigenvalue weighted by Crippen LogP contribution is -2.64. The van der Waals surface area contributed by atoms with E-state index in [1.54, 1.807) is 0 Å². The number of hydrogen-bond donors (Lipinski definition) is 6. The Labute approximate surface area is 80.3 Å². The number of aliphatic hydroxyl groups excluding tert-OH is 5. The van der Waals surface area contributed by atoms with Gasteiger partial charge in [0, 0.05) is 0 Å². The number of nitrogens with two attached hydrogens (primary N) is 1. The minimum absolute atomic E-state index is 0.603. The summed E-state index contributed by atoms with van der Waals surface area (Å²) in [4.78, 5) is 0. The van der Waals surface area contributed by atoms with Crippen LogP contribution in [0.5, 0.6) is 0 Å².